The Kier molecular flexibility index (Phi) is 20.5. The summed E-state index contributed by atoms with van der Waals surface area (Å²) < 4.78 is 5.13. The maximum atomic E-state index is 14.0. The van der Waals surface area contributed by atoms with E-state index >= 15 is 0 Å². The number of carboxylic acid groups (broad SMARTS) is 2. The molecule has 0 spiro atoms. The smallest absolute Gasteiger partial charge is 0.305 e. The summed E-state index contributed by atoms with van der Waals surface area (Å²) in [5, 5.41) is 30.2. The normalized spacial score (nSPS) is 18.3. The molecule has 6 amide bonds. The molecule has 0 saturated carbocycles. The van der Waals surface area contributed by atoms with Gasteiger partial charge in [-0.15, -0.1) is 0 Å². The predicted molar refractivity (Wildman–Crippen MR) is 286 cm³/mol. The number of hydrogen-bond donors (Lipinski definition) is 6. The van der Waals surface area contributed by atoms with Gasteiger partial charge in [-0.25, -0.2) is 0 Å². The second-order valence-corrected chi connectivity index (χ2v) is 19.9. The van der Waals surface area contributed by atoms with Crippen LogP contribution in [0.1, 0.15) is 97.2 Å². The van der Waals surface area contributed by atoms with Gasteiger partial charge in [-0.05, 0) is 71.5 Å². The van der Waals surface area contributed by atoms with Crippen LogP contribution < -0.4 is 26.0 Å². The van der Waals surface area contributed by atoms with Gasteiger partial charge in [-0.3, -0.25) is 43.3 Å². The number of hydrogen-bond acceptors (Lipinski definition) is 12. The van der Waals surface area contributed by atoms with Crippen molar-refractivity contribution < 1.29 is 62.9 Å². The van der Waals surface area contributed by atoms with Crippen molar-refractivity contribution in [1.82, 2.24) is 36.1 Å². The Labute approximate surface area is 451 Å². The van der Waals surface area contributed by atoms with E-state index in [0.717, 1.165) is 16.5 Å². The predicted octanol–water partition coefficient (Wildman–Crippen LogP) is 4.53. The van der Waals surface area contributed by atoms with Crippen LogP contribution in [-0.4, -0.2) is 141 Å². The van der Waals surface area contributed by atoms with Crippen LogP contribution in [0.4, 0.5) is 0 Å². The highest BCUT2D eigenvalue weighted by Gasteiger charge is 2.45. The number of nitrogens with zero attached hydrogens (tertiary/aromatic N) is 3. The highest BCUT2D eigenvalue weighted by atomic mass is 16.5. The van der Waals surface area contributed by atoms with Crippen LogP contribution in [0.2, 0.25) is 0 Å². The fourth-order valence-corrected chi connectivity index (χ4v) is 9.65. The van der Waals surface area contributed by atoms with Crippen molar-refractivity contribution in [3.8, 4) is 5.75 Å². The van der Waals surface area contributed by atoms with Gasteiger partial charge in [-0.1, -0.05) is 113 Å². The van der Waals surface area contributed by atoms with Gasteiger partial charge in [-0.2, -0.15) is 0 Å². The van der Waals surface area contributed by atoms with E-state index in [4.69, 9.17) is 14.9 Å². The van der Waals surface area contributed by atoms with Crippen molar-refractivity contribution in [3.05, 3.63) is 144 Å². The number of pyridine rings is 1. The minimum Gasteiger partial charge on any atom is -0.497 e. The van der Waals surface area contributed by atoms with Crippen LogP contribution in [0, 0.1) is 11.8 Å². The minimum atomic E-state index is -1.23. The van der Waals surface area contributed by atoms with Gasteiger partial charge in [0.2, 0.25) is 23.6 Å². The van der Waals surface area contributed by atoms with E-state index in [9.17, 15) is 47.9 Å². The Balaban J connectivity index is 0.000000253. The van der Waals surface area contributed by atoms with Crippen molar-refractivity contribution in [2.24, 2.45) is 11.8 Å². The first kappa shape index (κ1) is 58.5. The number of aliphatic carboxylic acids is 2. The van der Waals surface area contributed by atoms with Crippen molar-refractivity contribution in [2.75, 3.05) is 20.2 Å². The standard InChI is InChI=1S/C30H32N4O6.C28H33N3O7/c1-18(2)26(33-29(39)27-23-11-7-6-10-20(23)12-13-31-27)30(40)34-16-21(19-8-4-3-5-9-19)14-24(34)28(38)32-22(17-35)15-25(36)37;1-17(2)25(30-26(35)19-9-11-22(38-3)12-10-19)28(37)31-15-20(18-7-5-4-6-8-18)13-23(31)27(36)29-21(16-32)14-24(33)34/h3-13,17-18,21-22,24,26H,14-16H2,1-2H3,(H,32,38)(H,33,39)(H,36,37);4-12,16-17,20-21,23,25H,13-15H2,1-3H3,(H,29,36)(H,30,35)(H,33,34)/t21-,22+,24+,26+;20-,21+,23+,25+/m11/s1. The molecule has 1 aromatic heterocycles. The third kappa shape index (κ3) is 15.0. The lowest BCUT2D eigenvalue weighted by atomic mass is 9.96. The largest absolute Gasteiger partial charge is 0.497 e. The Morgan fingerprint density at radius 1 is 0.590 bits per heavy atom. The molecule has 7 rings (SSSR count). The van der Waals surface area contributed by atoms with E-state index in [1.54, 1.807) is 70.2 Å². The average molecular weight is 1070 g/mol. The monoisotopic (exact) mass is 1070 g/mol. The lowest BCUT2D eigenvalue weighted by molar-refractivity contribution is -0.142. The van der Waals surface area contributed by atoms with E-state index < -0.39 is 96.5 Å². The maximum absolute atomic E-state index is 14.0. The van der Waals surface area contributed by atoms with Gasteiger partial charge in [0.25, 0.3) is 11.8 Å². The number of aromatic nitrogens is 1. The fourth-order valence-electron chi connectivity index (χ4n) is 9.65. The number of carboxylic acids is 2. The molecule has 2 fully saturated rings. The number of benzene rings is 4. The van der Waals surface area contributed by atoms with Crippen LogP contribution in [0.3, 0.4) is 0 Å². The molecule has 20 heteroatoms. The molecule has 0 aliphatic carbocycles. The summed E-state index contributed by atoms with van der Waals surface area (Å²) in [4.78, 5) is 133. The molecular weight excluding hydrogens is 1000 g/mol. The number of aldehydes is 2. The first-order valence-electron chi connectivity index (χ1n) is 25.6. The number of carbonyl (C=O) groups is 10. The van der Waals surface area contributed by atoms with Crippen molar-refractivity contribution in [1.29, 1.82) is 0 Å². The van der Waals surface area contributed by atoms with Gasteiger partial charge in [0.05, 0.1) is 32.0 Å². The lowest BCUT2D eigenvalue weighted by Gasteiger charge is -2.31. The van der Waals surface area contributed by atoms with Gasteiger partial charge in [0.1, 0.15) is 48.2 Å². The molecular formula is C58H65N7O13. The topological polar surface area (TPSA) is 288 Å². The Bertz CT molecular complexity index is 2950. The average Bonchev–Trinajstić information content (AvgIpc) is 4.10. The number of likely N-dealkylation sites (tertiary alicyclic amines) is 2. The fraction of sp³-hybridized carbons (Fsp3) is 0.362. The molecule has 6 N–H and O–H groups in total. The summed E-state index contributed by atoms with van der Waals surface area (Å²) in [5.74, 6) is -5.86. The third-order valence-corrected chi connectivity index (χ3v) is 13.8. The number of fused-ring (bicyclic) bond motifs is 1. The van der Waals surface area contributed by atoms with Crippen molar-refractivity contribution >= 4 is 70.7 Å². The Morgan fingerprint density at radius 2 is 1.03 bits per heavy atom. The zero-order chi connectivity index (χ0) is 56.6. The second-order valence-electron chi connectivity index (χ2n) is 19.9. The van der Waals surface area contributed by atoms with Crippen LogP contribution >= 0.6 is 0 Å². The van der Waals surface area contributed by atoms with E-state index in [2.05, 4.69) is 26.3 Å². The molecule has 410 valence electrons. The minimum absolute atomic E-state index is 0.157. The number of nitrogens with one attached hydrogen (secondary N) is 4. The van der Waals surface area contributed by atoms with Crippen molar-refractivity contribution in [2.45, 2.75) is 101 Å². The van der Waals surface area contributed by atoms with Gasteiger partial charge < -0.3 is 55.6 Å². The molecule has 8 atom stereocenters. The third-order valence-electron chi connectivity index (χ3n) is 13.8. The van der Waals surface area contributed by atoms with Gasteiger partial charge in [0.15, 0.2) is 0 Å². The van der Waals surface area contributed by atoms with E-state index in [-0.39, 0.29) is 55.3 Å². The summed E-state index contributed by atoms with van der Waals surface area (Å²) in [6.45, 7) is 7.64. The number of carbonyl (C=O) groups excluding carboxylic acids is 8. The molecule has 2 aliphatic rings. The molecule has 0 bridgehead atoms. The second kappa shape index (κ2) is 27.3. The summed E-state index contributed by atoms with van der Waals surface area (Å²) >= 11 is 0. The van der Waals surface area contributed by atoms with Crippen LogP contribution in [0.15, 0.2) is 121 Å². The lowest BCUT2D eigenvalue weighted by Crippen LogP contribution is -2.56. The maximum Gasteiger partial charge on any atom is 0.305 e. The van der Waals surface area contributed by atoms with Crippen LogP contribution in [0.25, 0.3) is 10.8 Å². The van der Waals surface area contributed by atoms with E-state index in [1.807, 2.05) is 72.8 Å². The summed E-state index contributed by atoms with van der Waals surface area (Å²) in [6.07, 6.45) is 1.71. The Hall–Kier alpha value is -8.81. The van der Waals surface area contributed by atoms with E-state index in [1.165, 1.54) is 23.1 Å². The highest BCUT2D eigenvalue weighted by Crippen LogP contribution is 2.35. The molecule has 2 saturated heterocycles. The zero-order valence-electron chi connectivity index (χ0n) is 43.9. The zero-order valence-corrected chi connectivity index (χ0v) is 43.9. The molecule has 5 aromatic rings. The summed E-state index contributed by atoms with van der Waals surface area (Å²) in [7, 11) is 1.52. The quantitative estimate of drug-likeness (QED) is 0.0551. The first-order chi connectivity index (χ1) is 37.3. The van der Waals surface area contributed by atoms with E-state index in [0.29, 0.717) is 29.3 Å². The number of rotatable bonds is 21. The molecule has 4 aromatic carbocycles. The molecule has 20 nitrogen and oxygen atoms in total. The summed E-state index contributed by atoms with van der Waals surface area (Å²) in [6, 6.07) is 28.3. The summed E-state index contributed by atoms with van der Waals surface area (Å²) in [5.41, 5.74) is 2.43. The number of amides is 6. The first-order valence-corrected chi connectivity index (χ1v) is 25.6. The molecule has 2 aliphatic heterocycles. The number of ether oxygens (including phenoxy) is 1. The van der Waals surface area contributed by atoms with Gasteiger partial charge in [0, 0.05) is 42.1 Å². The molecule has 0 unspecified atom stereocenters. The van der Waals surface area contributed by atoms with Gasteiger partial charge >= 0.3 is 11.9 Å². The van der Waals surface area contributed by atoms with Crippen molar-refractivity contribution in [3.63, 3.8) is 0 Å². The Morgan fingerprint density at radius 3 is 1.45 bits per heavy atom. The molecule has 0 radical (unpaired) electrons. The van der Waals surface area contributed by atoms with Crippen LogP contribution in [-0.2, 0) is 38.4 Å². The SMILES string of the molecule is CC(C)[C@H](NC(=O)c1nccc2ccccc12)C(=O)N1C[C@H](c2ccccc2)C[C@H]1C(=O)N[C@H](C=O)CC(=O)O.COc1ccc(C(=O)N[C@H](C(=O)N2C[C@H](c3ccccc3)C[C@H]2C(=O)N[C@H](C=O)CC(=O)O)C(C)C)cc1. The molecule has 3 heterocycles. The van der Waals surface area contributed by atoms with Crippen LogP contribution in [0.5, 0.6) is 5.75 Å². The molecule has 78 heavy (non-hydrogen) atoms. The highest BCUT2D eigenvalue weighted by molar-refractivity contribution is 6.07. The number of methoxy groups -OCH3 is 1.